The fourth-order valence-electron chi connectivity index (χ4n) is 3.37. The fourth-order valence-corrected chi connectivity index (χ4v) is 4.50. The summed E-state index contributed by atoms with van der Waals surface area (Å²) in [4.78, 5) is 10.5. The van der Waals surface area contributed by atoms with Crippen LogP contribution in [0.1, 0.15) is 11.3 Å². The van der Waals surface area contributed by atoms with Crippen LogP contribution in [0.3, 0.4) is 0 Å². The first-order valence-corrected chi connectivity index (χ1v) is 10.5. The van der Waals surface area contributed by atoms with Gasteiger partial charge in [0.25, 0.3) is 0 Å². The van der Waals surface area contributed by atoms with Crippen molar-refractivity contribution in [3.63, 3.8) is 0 Å². The summed E-state index contributed by atoms with van der Waals surface area (Å²) < 4.78 is 7.32. The summed E-state index contributed by atoms with van der Waals surface area (Å²) in [6, 6.07) is 14.1. The van der Waals surface area contributed by atoms with Crippen LogP contribution < -0.4 is 4.74 Å². The van der Waals surface area contributed by atoms with E-state index in [0.717, 1.165) is 49.4 Å². The zero-order valence-corrected chi connectivity index (χ0v) is 17.7. The maximum Gasteiger partial charge on any atom is 0.235 e. The number of fused-ring (bicyclic) bond motifs is 1. The number of hydrogen-bond acceptors (Lipinski definition) is 4. The molecule has 2 aromatic carbocycles. The lowest BCUT2D eigenvalue weighted by Crippen LogP contribution is -1.94. The number of aromatic nitrogens is 3. The van der Waals surface area contributed by atoms with Crippen molar-refractivity contribution in [1.82, 2.24) is 14.4 Å². The summed E-state index contributed by atoms with van der Waals surface area (Å²) >= 11 is 8.24. The van der Waals surface area contributed by atoms with Gasteiger partial charge in [0.1, 0.15) is 5.75 Å². The number of methoxy groups -OCH3 is 1. The van der Waals surface area contributed by atoms with Crippen molar-refractivity contribution in [2.24, 2.45) is 0 Å². The molecular weight excluding hydrogens is 390 g/mol. The zero-order chi connectivity index (χ0) is 19.8. The molecule has 0 aliphatic rings. The largest absolute Gasteiger partial charge is 0.497 e. The molecule has 0 N–H and O–H groups in total. The van der Waals surface area contributed by atoms with Gasteiger partial charge in [0, 0.05) is 27.9 Å². The second-order valence-electron chi connectivity index (χ2n) is 6.58. The molecule has 0 spiro atoms. The molecule has 0 amide bonds. The van der Waals surface area contributed by atoms with Crippen molar-refractivity contribution in [2.75, 3.05) is 13.4 Å². The number of aryl methyl sites for hydroxylation is 2. The predicted molar refractivity (Wildman–Crippen MR) is 117 cm³/mol. The Morgan fingerprint density at radius 1 is 1.00 bits per heavy atom. The standard InChI is InChI=1S/C22H20ClN3OS/c1-13-11-16(12-18(23)21(13)28-4)20-19(15-5-7-17(27-3)8-6-15)25-22-24-14(2)9-10-26(20)22/h5-12H,1-4H3. The third-order valence-electron chi connectivity index (χ3n) is 4.70. The number of hydrogen-bond donors (Lipinski definition) is 0. The highest BCUT2D eigenvalue weighted by Crippen LogP contribution is 2.38. The van der Waals surface area contributed by atoms with Crippen molar-refractivity contribution in [2.45, 2.75) is 18.7 Å². The molecule has 142 valence electrons. The SMILES string of the molecule is COc1ccc(-c2nc3nc(C)ccn3c2-c2cc(C)c(SC)c(Cl)c2)cc1. The van der Waals surface area contributed by atoms with E-state index in [1.54, 1.807) is 18.9 Å². The molecule has 4 rings (SSSR count). The van der Waals surface area contributed by atoms with Crippen LogP contribution in [-0.4, -0.2) is 27.7 Å². The van der Waals surface area contributed by atoms with Crippen LogP contribution in [0.25, 0.3) is 28.3 Å². The Labute approximate surface area is 173 Å². The van der Waals surface area contributed by atoms with Crippen molar-refractivity contribution in [1.29, 1.82) is 0 Å². The average molecular weight is 410 g/mol. The minimum Gasteiger partial charge on any atom is -0.497 e. The van der Waals surface area contributed by atoms with Crippen molar-refractivity contribution >= 4 is 29.1 Å². The Kier molecular flexibility index (Phi) is 5.04. The van der Waals surface area contributed by atoms with Crippen molar-refractivity contribution < 1.29 is 4.74 Å². The molecule has 0 radical (unpaired) electrons. The van der Waals surface area contributed by atoms with Gasteiger partial charge in [-0.1, -0.05) is 11.6 Å². The predicted octanol–water partition coefficient (Wildman–Crippen LogP) is 6.06. The molecule has 0 fully saturated rings. The molecule has 2 aromatic heterocycles. The first-order chi connectivity index (χ1) is 13.5. The molecule has 6 heteroatoms. The molecule has 4 aromatic rings. The van der Waals surface area contributed by atoms with Crippen LogP contribution in [-0.2, 0) is 0 Å². The van der Waals surface area contributed by atoms with E-state index in [2.05, 4.69) is 18.0 Å². The second-order valence-corrected chi connectivity index (χ2v) is 7.81. The summed E-state index contributed by atoms with van der Waals surface area (Å²) in [5.74, 6) is 1.48. The summed E-state index contributed by atoms with van der Waals surface area (Å²) in [5, 5.41) is 0.748. The third-order valence-corrected chi connectivity index (χ3v) is 6.06. The van der Waals surface area contributed by atoms with E-state index in [1.807, 2.05) is 60.2 Å². The Morgan fingerprint density at radius 2 is 1.75 bits per heavy atom. The fraction of sp³-hybridized carbons (Fsp3) is 0.182. The molecule has 4 nitrogen and oxygen atoms in total. The molecule has 2 heterocycles. The van der Waals surface area contributed by atoms with E-state index in [4.69, 9.17) is 21.3 Å². The summed E-state index contributed by atoms with van der Waals surface area (Å²) in [6.45, 7) is 4.05. The maximum absolute atomic E-state index is 6.58. The van der Waals surface area contributed by atoms with E-state index in [-0.39, 0.29) is 0 Å². The van der Waals surface area contributed by atoms with Gasteiger partial charge in [-0.3, -0.25) is 4.40 Å². The van der Waals surface area contributed by atoms with Gasteiger partial charge in [0.2, 0.25) is 5.78 Å². The molecular formula is C22H20ClN3OS. The van der Waals surface area contributed by atoms with Gasteiger partial charge < -0.3 is 4.74 Å². The average Bonchev–Trinajstić information content (AvgIpc) is 3.06. The van der Waals surface area contributed by atoms with Gasteiger partial charge in [-0.15, -0.1) is 11.8 Å². The highest BCUT2D eigenvalue weighted by atomic mass is 35.5. The lowest BCUT2D eigenvalue weighted by Gasteiger charge is -2.11. The minimum atomic E-state index is 0.670. The number of halogens is 1. The van der Waals surface area contributed by atoms with Gasteiger partial charge in [-0.25, -0.2) is 9.97 Å². The smallest absolute Gasteiger partial charge is 0.235 e. The van der Waals surface area contributed by atoms with Gasteiger partial charge in [0.05, 0.1) is 23.5 Å². The van der Waals surface area contributed by atoms with Crippen LogP contribution in [0.15, 0.2) is 53.6 Å². The number of nitrogens with zero attached hydrogens (tertiary/aromatic N) is 3. The normalized spacial score (nSPS) is 11.2. The quantitative estimate of drug-likeness (QED) is 0.384. The lowest BCUT2D eigenvalue weighted by molar-refractivity contribution is 0.415. The van der Waals surface area contributed by atoms with Gasteiger partial charge in [-0.2, -0.15) is 0 Å². The highest BCUT2D eigenvalue weighted by molar-refractivity contribution is 7.98. The maximum atomic E-state index is 6.58. The Morgan fingerprint density at radius 3 is 2.39 bits per heavy atom. The van der Waals surface area contributed by atoms with Crippen LogP contribution in [0.4, 0.5) is 0 Å². The minimum absolute atomic E-state index is 0.670. The lowest BCUT2D eigenvalue weighted by atomic mass is 10.0. The Bertz CT molecular complexity index is 1150. The Balaban J connectivity index is 2.00. The van der Waals surface area contributed by atoms with Crippen LogP contribution in [0.5, 0.6) is 5.75 Å². The van der Waals surface area contributed by atoms with Crippen LogP contribution in [0, 0.1) is 13.8 Å². The summed E-state index contributed by atoms with van der Waals surface area (Å²) in [7, 11) is 1.66. The van der Waals surface area contributed by atoms with E-state index in [0.29, 0.717) is 5.78 Å². The monoisotopic (exact) mass is 409 g/mol. The molecule has 0 aliphatic carbocycles. The van der Waals surface area contributed by atoms with Crippen molar-refractivity contribution in [3.05, 3.63) is 64.9 Å². The molecule has 0 bridgehead atoms. The zero-order valence-electron chi connectivity index (χ0n) is 16.2. The number of rotatable bonds is 4. The number of thioether (sulfide) groups is 1. The summed E-state index contributed by atoms with van der Waals surface area (Å²) in [5.41, 5.74) is 5.94. The first kappa shape index (κ1) is 18.8. The number of benzene rings is 2. The molecule has 0 aliphatic heterocycles. The Hall–Kier alpha value is -2.50. The van der Waals surface area contributed by atoms with Crippen molar-refractivity contribution in [3.8, 4) is 28.3 Å². The molecule has 0 unspecified atom stereocenters. The number of imidazole rings is 1. The molecule has 0 atom stereocenters. The van der Waals surface area contributed by atoms with Crippen LogP contribution in [0.2, 0.25) is 5.02 Å². The topological polar surface area (TPSA) is 39.4 Å². The van der Waals surface area contributed by atoms with E-state index in [9.17, 15) is 0 Å². The highest BCUT2D eigenvalue weighted by Gasteiger charge is 2.19. The summed E-state index contributed by atoms with van der Waals surface area (Å²) in [6.07, 6.45) is 4.05. The van der Waals surface area contributed by atoms with E-state index >= 15 is 0 Å². The number of ether oxygens (including phenoxy) is 1. The molecule has 0 saturated heterocycles. The van der Waals surface area contributed by atoms with Gasteiger partial charge in [-0.05, 0) is 68.1 Å². The van der Waals surface area contributed by atoms with Gasteiger partial charge >= 0.3 is 0 Å². The molecule has 0 saturated carbocycles. The van der Waals surface area contributed by atoms with E-state index in [1.165, 1.54) is 0 Å². The second kappa shape index (κ2) is 7.49. The first-order valence-electron chi connectivity index (χ1n) is 8.86. The van der Waals surface area contributed by atoms with Gasteiger partial charge in [0.15, 0.2) is 0 Å². The third kappa shape index (κ3) is 3.25. The van der Waals surface area contributed by atoms with E-state index < -0.39 is 0 Å². The van der Waals surface area contributed by atoms with Crippen LogP contribution >= 0.6 is 23.4 Å². The molecule has 28 heavy (non-hydrogen) atoms.